The molecule has 1 amide bonds. The van der Waals surface area contributed by atoms with Crippen molar-refractivity contribution in [1.82, 2.24) is 4.90 Å². The van der Waals surface area contributed by atoms with Crippen LogP contribution in [0.3, 0.4) is 0 Å². The van der Waals surface area contributed by atoms with Crippen molar-refractivity contribution in [2.75, 3.05) is 13.2 Å². The minimum absolute atomic E-state index is 0.000833. The van der Waals surface area contributed by atoms with E-state index in [0.29, 0.717) is 12.6 Å². The summed E-state index contributed by atoms with van der Waals surface area (Å²) < 4.78 is 0. The van der Waals surface area contributed by atoms with Crippen LogP contribution in [0.5, 0.6) is 0 Å². The van der Waals surface area contributed by atoms with Crippen LogP contribution < -0.4 is 5.73 Å². The summed E-state index contributed by atoms with van der Waals surface area (Å²) in [6, 6.07) is -0.0816. The number of rotatable bonds is 6. The van der Waals surface area contributed by atoms with E-state index in [9.17, 15) is 4.79 Å². The first-order chi connectivity index (χ1) is 7.11. The zero-order chi connectivity index (χ0) is 11.4. The van der Waals surface area contributed by atoms with Crippen LogP contribution in [0.4, 0.5) is 0 Å². The van der Waals surface area contributed by atoms with Gasteiger partial charge in [-0.05, 0) is 18.8 Å². The Bertz CT molecular complexity index is 217. The number of aliphatic hydroxyl groups excluding tert-OH is 1. The number of carbonyl (C=O) groups excluding carboxylic acids is 1. The van der Waals surface area contributed by atoms with Gasteiger partial charge in [0.2, 0.25) is 5.91 Å². The van der Waals surface area contributed by atoms with Gasteiger partial charge in [-0.25, -0.2) is 0 Å². The Balaban J connectivity index is 2.54. The van der Waals surface area contributed by atoms with Gasteiger partial charge < -0.3 is 15.7 Å². The molecule has 0 spiro atoms. The second kappa shape index (κ2) is 5.47. The molecule has 1 aliphatic carbocycles. The third kappa shape index (κ3) is 3.18. The van der Waals surface area contributed by atoms with E-state index in [1.807, 2.05) is 13.8 Å². The fraction of sp³-hybridized carbons (Fsp3) is 0.909. The summed E-state index contributed by atoms with van der Waals surface area (Å²) in [5.41, 5.74) is 5.90. The summed E-state index contributed by atoms with van der Waals surface area (Å²) in [6.07, 6.45) is 3.02. The first-order valence-electron chi connectivity index (χ1n) is 5.78. The highest BCUT2D eigenvalue weighted by molar-refractivity contribution is 5.82. The number of aliphatic hydroxyl groups is 1. The highest BCUT2D eigenvalue weighted by atomic mass is 16.3. The number of nitrogens with zero attached hydrogens (tertiary/aromatic N) is 1. The SMILES string of the molecule is CCC(C)[C@H](N)C(=O)N(CCO)C1CC1. The molecule has 0 radical (unpaired) electrons. The van der Waals surface area contributed by atoms with Crippen molar-refractivity contribution in [2.24, 2.45) is 11.7 Å². The van der Waals surface area contributed by atoms with Crippen molar-refractivity contribution in [3.8, 4) is 0 Å². The van der Waals surface area contributed by atoms with Crippen molar-refractivity contribution in [3.63, 3.8) is 0 Å². The zero-order valence-electron chi connectivity index (χ0n) is 9.65. The summed E-state index contributed by atoms with van der Waals surface area (Å²) >= 11 is 0. The second-order valence-corrected chi connectivity index (χ2v) is 4.40. The molecule has 0 bridgehead atoms. The van der Waals surface area contributed by atoms with Gasteiger partial charge in [-0.2, -0.15) is 0 Å². The van der Waals surface area contributed by atoms with E-state index >= 15 is 0 Å². The van der Waals surface area contributed by atoms with Gasteiger partial charge in [0.25, 0.3) is 0 Å². The molecule has 88 valence electrons. The Morgan fingerprint density at radius 1 is 1.60 bits per heavy atom. The lowest BCUT2D eigenvalue weighted by atomic mass is 9.99. The van der Waals surface area contributed by atoms with Crippen LogP contribution in [0.2, 0.25) is 0 Å². The molecular formula is C11H22N2O2. The topological polar surface area (TPSA) is 66.6 Å². The summed E-state index contributed by atoms with van der Waals surface area (Å²) in [5.74, 6) is 0.207. The molecule has 1 rings (SSSR count). The predicted molar refractivity (Wildman–Crippen MR) is 59.3 cm³/mol. The van der Waals surface area contributed by atoms with E-state index in [4.69, 9.17) is 10.8 Å². The van der Waals surface area contributed by atoms with Gasteiger partial charge in [0.1, 0.15) is 0 Å². The number of carbonyl (C=O) groups is 1. The van der Waals surface area contributed by atoms with Crippen LogP contribution in [0.1, 0.15) is 33.1 Å². The van der Waals surface area contributed by atoms with Crippen LogP contribution in [0.25, 0.3) is 0 Å². The number of amides is 1. The monoisotopic (exact) mass is 214 g/mol. The second-order valence-electron chi connectivity index (χ2n) is 4.40. The maximum absolute atomic E-state index is 12.0. The van der Waals surface area contributed by atoms with E-state index in [2.05, 4.69) is 0 Å². The predicted octanol–water partition coefficient (Wildman–Crippen LogP) is 0.343. The minimum Gasteiger partial charge on any atom is -0.395 e. The molecule has 0 heterocycles. The quantitative estimate of drug-likeness (QED) is 0.670. The van der Waals surface area contributed by atoms with Crippen molar-refractivity contribution < 1.29 is 9.90 Å². The molecular weight excluding hydrogens is 192 g/mol. The van der Waals surface area contributed by atoms with Crippen LogP contribution in [-0.4, -0.2) is 41.1 Å². The lowest BCUT2D eigenvalue weighted by molar-refractivity contribution is -0.134. The van der Waals surface area contributed by atoms with Crippen LogP contribution in [-0.2, 0) is 4.79 Å². The lowest BCUT2D eigenvalue weighted by Gasteiger charge is -2.27. The summed E-state index contributed by atoms with van der Waals surface area (Å²) in [7, 11) is 0. The molecule has 2 atom stereocenters. The van der Waals surface area contributed by atoms with Crippen LogP contribution in [0, 0.1) is 5.92 Å². The molecule has 1 aliphatic rings. The van der Waals surface area contributed by atoms with Gasteiger partial charge in [0.05, 0.1) is 12.6 Å². The number of nitrogens with two attached hydrogens (primary N) is 1. The maximum Gasteiger partial charge on any atom is 0.240 e. The van der Waals surface area contributed by atoms with Crippen molar-refractivity contribution in [3.05, 3.63) is 0 Å². The summed E-state index contributed by atoms with van der Waals surface area (Å²) in [5, 5.41) is 8.91. The first-order valence-corrected chi connectivity index (χ1v) is 5.78. The zero-order valence-corrected chi connectivity index (χ0v) is 9.65. The van der Waals surface area contributed by atoms with Gasteiger partial charge in [-0.1, -0.05) is 20.3 Å². The van der Waals surface area contributed by atoms with E-state index in [0.717, 1.165) is 19.3 Å². The molecule has 4 nitrogen and oxygen atoms in total. The van der Waals surface area contributed by atoms with Gasteiger partial charge in [0.15, 0.2) is 0 Å². The largest absolute Gasteiger partial charge is 0.395 e. The standard InChI is InChI=1S/C11H22N2O2/c1-3-8(2)10(12)11(15)13(6-7-14)9-4-5-9/h8-10,14H,3-7,12H2,1-2H3/t8?,10-/m0/s1. The normalized spacial score (nSPS) is 19.7. The van der Waals surface area contributed by atoms with E-state index < -0.39 is 6.04 Å². The van der Waals surface area contributed by atoms with Gasteiger partial charge in [0, 0.05) is 12.6 Å². The van der Waals surface area contributed by atoms with Crippen LogP contribution >= 0.6 is 0 Å². The first kappa shape index (κ1) is 12.5. The van der Waals surface area contributed by atoms with E-state index in [1.165, 1.54) is 0 Å². The van der Waals surface area contributed by atoms with Crippen molar-refractivity contribution >= 4 is 5.91 Å². The number of hydrogen-bond donors (Lipinski definition) is 2. The Labute approximate surface area is 91.4 Å². The average Bonchev–Trinajstić information content (AvgIpc) is 3.06. The lowest BCUT2D eigenvalue weighted by Crippen LogP contribution is -2.48. The molecule has 0 saturated heterocycles. The molecule has 4 heteroatoms. The van der Waals surface area contributed by atoms with E-state index in [-0.39, 0.29) is 18.4 Å². The fourth-order valence-electron chi connectivity index (χ4n) is 1.66. The highest BCUT2D eigenvalue weighted by Gasteiger charge is 2.35. The third-order valence-corrected chi connectivity index (χ3v) is 3.15. The van der Waals surface area contributed by atoms with Gasteiger partial charge in [-0.3, -0.25) is 4.79 Å². The van der Waals surface area contributed by atoms with Crippen molar-refractivity contribution in [1.29, 1.82) is 0 Å². The molecule has 1 unspecified atom stereocenters. The van der Waals surface area contributed by atoms with Gasteiger partial charge >= 0.3 is 0 Å². The Kier molecular flexibility index (Phi) is 4.54. The molecule has 1 saturated carbocycles. The smallest absolute Gasteiger partial charge is 0.240 e. The molecule has 0 aromatic carbocycles. The van der Waals surface area contributed by atoms with Gasteiger partial charge in [-0.15, -0.1) is 0 Å². The molecule has 1 fully saturated rings. The maximum atomic E-state index is 12.0. The summed E-state index contributed by atoms with van der Waals surface area (Å²) in [4.78, 5) is 13.8. The highest BCUT2D eigenvalue weighted by Crippen LogP contribution is 2.27. The molecule has 0 aromatic heterocycles. The molecule has 3 N–H and O–H groups in total. The number of hydrogen-bond acceptors (Lipinski definition) is 3. The Morgan fingerprint density at radius 2 is 2.20 bits per heavy atom. The Hall–Kier alpha value is -0.610. The average molecular weight is 214 g/mol. The third-order valence-electron chi connectivity index (χ3n) is 3.15. The molecule has 0 aliphatic heterocycles. The van der Waals surface area contributed by atoms with Crippen molar-refractivity contribution in [2.45, 2.75) is 45.2 Å². The molecule has 15 heavy (non-hydrogen) atoms. The molecule has 0 aromatic rings. The van der Waals surface area contributed by atoms with E-state index in [1.54, 1.807) is 4.90 Å². The minimum atomic E-state index is -0.415. The fourth-order valence-corrected chi connectivity index (χ4v) is 1.66. The Morgan fingerprint density at radius 3 is 2.60 bits per heavy atom. The van der Waals surface area contributed by atoms with Crippen LogP contribution in [0.15, 0.2) is 0 Å². The summed E-state index contributed by atoms with van der Waals surface area (Å²) in [6.45, 7) is 4.47.